The van der Waals surface area contributed by atoms with Crippen LogP contribution in [-0.4, -0.2) is 0 Å². The molecule has 0 aliphatic heterocycles. The van der Waals surface area contributed by atoms with Crippen molar-refractivity contribution in [3.05, 3.63) is 35.6 Å². The second-order valence-electron chi connectivity index (χ2n) is 3.50. The minimum absolute atomic E-state index is 0.0434. The number of halogens is 1. The van der Waals surface area contributed by atoms with Crippen molar-refractivity contribution in [3.63, 3.8) is 0 Å². The van der Waals surface area contributed by atoms with E-state index in [9.17, 15) is 4.39 Å². The maximum atomic E-state index is 12.6. The van der Waals surface area contributed by atoms with Gasteiger partial charge in [0.1, 0.15) is 5.82 Å². The third kappa shape index (κ3) is 1.15. The van der Waals surface area contributed by atoms with Crippen LogP contribution in [0.3, 0.4) is 0 Å². The van der Waals surface area contributed by atoms with E-state index in [1.54, 1.807) is 12.1 Å². The van der Waals surface area contributed by atoms with E-state index >= 15 is 0 Å². The van der Waals surface area contributed by atoms with Gasteiger partial charge in [-0.2, -0.15) is 10.5 Å². The van der Waals surface area contributed by atoms with E-state index in [1.165, 1.54) is 12.1 Å². The Kier molecular flexibility index (Phi) is 1.75. The van der Waals surface area contributed by atoms with Crippen LogP contribution in [-0.2, 0) is 0 Å². The average molecular weight is 186 g/mol. The molecule has 1 atom stereocenters. The lowest BCUT2D eigenvalue weighted by atomic mass is 10.0. The fourth-order valence-electron chi connectivity index (χ4n) is 1.63. The fourth-order valence-corrected chi connectivity index (χ4v) is 1.63. The predicted molar refractivity (Wildman–Crippen MR) is 47.4 cm³/mol. The third-order valence-corrected chi connectivity index (χ3v) is 2.63. The van der Waals surface area contributed by atoms with Crippen molar-refractivity contribution in [2.75, 3.05) is 0 Å². The lowest BCUT2D eigenvalue weighted by Gasteiger charge is -1.98. The molecule has 0 aromatic heterocycles. The molecule has 1 unspecified atom stereocenters. The molecule has 14 heavy (non-hydrogen) atoms. The third-order valence-electron chi connectivity index (χ3n) is 2.63. The first-order valence-electron chi connectivity index (χ1n) is 4.30. The van der Waals surface area contributed by atoms with Crippen molar-refractivity contribution >= 4 is 0 Å². The number of rotatable bonds is 1. The van der Waals surface area contributed by atoms with E-state index < -0.39 is 5.41 Å². The molecule has 0 N–H and O–H groups in total. The highest BCUT2D eigenvalue weighted by atomic mass is 19.1. The number of benzene rings is 1. The van der Waals surface area contributed by atoms with Crippen molar-refractivity contribution in [3.8, 4) is 12.1 Å². The molecule has 2 rings (SSSR count). The van der Waals surface area contributed by atoms with Crippen LogP contribution in [0.2, 0.25) is 0 Å². The van der Waals surface area contributed by atoms with Gasteiger partial charge in [-0.3, -0.25) is 0 Å². The van der Waals surface area contributed by atoms with Gasteiger partial charge in [0.05, 0.1) is 12.1 Å². The molecule has 1 fully saturated rings. The first-order chi connectivity index (χ1) is 6.72. The Morgan fingerprint density at radius 2 is 1.79 bits per heavy atom. The van der Waals surface area contributed by atoms with Crippen LogP contribution < -0.4 is 0 Å². The molecule has 0 bridgehead atoms. The average Bonchev–Trinajstić information content (AvgIpc) is 2.94. The molecular weight excluding hydrogens is 179 g/mol. The van der Waals surface area contributed by atoms with Gasteiger partial charge < -0.3 is 0 Å². The maximum Gasteiger partial charge on any atom is 0.151 e. The monoisotopic (exact) mass is 186 g/mol. The second-order valence-corrected chi connectivity index (χ2v) is 3.50. The standard InChI is InChI=1S/C11H7FN2/c12-9-3-1-8(2-4-9)10-5-11(10,6-13)7-14/h1-4,10H,5H2. The Labute approximate surface area is 81.2 Å². The minimum atomic E-state index is -0.863. The minimum Gasteiger partial charge on any atom is -0.207 e. The van der Waals surface area contributed by atoms with E-state index in [-0.39, 0.29) is 11.7 Å². The zero-order chi connectivity index (χ0) is 10.2. The van der Waals surface area contributed by atoms with Crippen LogP contribution in [0.1, 0.15) is 17.9 Å². The van der Waals surface area contributed by atoms with Gasteiger partial charge in [-0.1, -0.05) is 12.1 Å². The molecule has 1 aliphatic rings. The van der Waals surface area contributed by atoms with Crippen molar-refractivity contribution in [2.45, 2.75) is 12.3 Å². The number of nitriles is 2. The molecular formula is C11H7FN2. The highest BCUT2D eigenvalue weighted by Gasteiger charge is 2.56. The molecule has 1 aromatic rings. The van der Waals surface area contributed by atoms with E-state index in [2.05, 4.69) is 0 Å². The highest BCUT2D eigenvalue weighted by molar-refractivity contribution is 5.40. The van der Waals surface area contributed by atoms with E-state index in [4.69, 9.17) is 10.5 Å². The molecule has 3 heteroatoms. The smallest absolute Gasteiger partial charge is 0.151 e. The summed E-state index contributed by atoms with van der Waals surface area (Å²) in [6.07, 6.45) is 0.561. The normalized spacial score (nSPS) is 22.1. The Balaban J connectivity index is 2.26. The number of hydrogen-bond acceptors (Lipinski definition) is 2. The van der Waals surface area contributed by atoms with Gasteiger partial charge >= 0.3 is 0 Å². The van der Waals surface area contributed by atoms with Crippen LogP contribution in [0.15, 0.2) is 24.3 Å². The first-order valence-corrected chi connectivity index (χ1v) is 4.30. The molecule has 1 saturated carbocycles. The maximum absolute atomic E-state index is 12.6. The van der Waals surface area contributed by atoms with Gasteiger partial charge in [-0.15, -0.1) is 0 Å². The lowest BCUT2D eigenvalue weighted by Crippen LogP contribution is -1.95. The van der Waals surface area contributed by atoms with E-state index in [1.807, 2.05) is 12.1 Å². The van der Waals surface area contributed by atoms with Crippen molar-refractivity contribution in [1.82, 2.24) is 0 Å². The molecule has 0 amide bonds. The Hall–Kier alpha value is -1.87. The van der Waals surface area contributed by atoms with Gasteiger partial charge in [-0.25, -0.2) is 4.39 Å². The predicted octanol–water partition coefficient (Wildman–Crippen LogP) is 2.35. The summed E-state index contributed by atoms with van der Waals surface area (Å²) >= 11 is 0. The fraction of sp³-hybridized carbons (Fsp3) is 0.273. The Morgan fingerprint density at radius 3 is 2.21 bits per heavy atom. The van der Waals surface area contributed by atoms with Gasteiger partial charge in [-0.05, 0) is 24.1 Å². The van der Waals surface area contributed by atoms with Crippen LogP contribution in [0.4, 0.5) is 4.39 Å². The van der Waals surface area contributed by atoms with Crippen molar-refractivity contribution in [1.29, 1.82) is 10.5 Å². The number of nitrogens with zero attached hydrogens (tertiary/aromatic N) is 2. The molecule has 1 aromatic carbocycles. The van der Waals surface area contributed by atoms with Crippen molar-refractivity contribution < 1.29 is 4.39 Å². The summed E-state index contributed by atoms with van der Waals surface area (Å²) in [4.78, 5) is 0. The SMILES string of the molecule is N#CC1(C#N)CC1c1ccc(F)cc1. The quantitative estimate of drug-likeness (QED) is 0.675. The van der Waals surface area contributed by atoms with Gasteiger partial charge in [0.25, 0.3) is 0 Å². The van der Waals surface area contributed by atoms with Crippen molar-refractivity contribution in [2.24, 2.45) is 5.41 Å². The molecule has 0 heterocycles. The molecule has 0 radical (unpaired) electrons. The summed E-state index contributed by atoms with van der Waals surface area (Å²) in [6, 6.07) is 10.0. The lowest BCUT2D eigenvalue weighted by molar-refractivity contribution is 0.626. The van der Waals surface area contributed by atoms with E-state index in [0.717, 1.165) is 5.56 Å². The van der Waals surface area contributed by atoms with Gasteiger partial charge in [0.15, 0.2) is 5.41 Å². The van der Waals surface area contributed by atoms with Crippen LogP contribution in [0.5, 0.6) is 0 Å². The van der Waals surface area contributed by atoms with Crippen LogP contribution in [0.25, 0.3) is 0 Å². The van der Waals surface area contributed by atoms with Gasteiger partial charge in [0, 0.05) is 5.92 Å². The summed E-state index contributed by atoms with van der Waals surface area (Å²) in [5.74, 6) is -0.341. The summed E-state index contributed by atoms with van der Waals surface area (Å²) in [5.41, 5.74) is 0.00664. The molecule has 68 valence electrons. The zero-order valence-electron chi connectivity index (χ0n) is 7.37. The van der Waals surface area contributed by atoms with E-state index in [0.29, 0.717) is 6.42 Å². The topological polar surface area (TPSA) is 47.6 Å². The molecule has 0 saturated heterocycles. The Morgan fingerprint density at radius 1 is 1.21 bits per heavy atom. The van der Waals surface area contributed by atoms with Crippen LogP contribution in [0, 0.1) is 33.9 Å². The highest BCUT2D eigenvalue weighted by Crippen LogP contribution is 2.58. The van der Waals surface area contributed by atoms with Crippen LogP contribution >= 0.6 is 0 Å². The summed E-state index contributed by atoms with van der Waals surface area (Å²) in [6.45, 7) is 0. The second kappa shape index (κ2) is 2.82. The Bertz CT molecular complexity index is 422. The molecule has 1 aliphatic carbocycles. The molecule has 2 nitrogen and oxygen atoms in total. The summed E-state index contributed by atoms with van der Waals surface area (Å²) in [7, 11) is 0. The summed E-state index contributed by atoms with van der Waals surface area (Å²) < 4.78 is 12.6. The zero-order valence-corrected chi connectivity index (χ0v) is 7.37. The largest absolute Gasteiger partial charge is 0.207 e. The van der Waals surface area contributed by atoms with Gasteiger partial charge in [0.2, 0.25) is 0 Å². The first kappa shape index (κ1) is 8.72. The molecule has 0 spiro atoms. The number of hydrogen-bond donors (Lipinski definition) is 0. The summed E-state index contributed by atoms with van der Waals surface area (Å²) in [5, 5.41) is 17.6.